The number of hydrogen-bond acceptors (Lipinski definition) is 4. The van der Waals surface area contributed by atoms with Crippen LogP contribution < -0.4 is 4.74 Å². The molecule has 0 bridgehead atoms. The van der Waals surface area contributed by atoms with Gasteiger partial charge in [-0.15, -0.1) is 0 Å². The van der Waals surface area contributed by atoms with E-state index in [4.69, 9.17) is 4.74 Å². The first-order valence-electron chi connectivity index (χ1n) is 6.53. The zero-order valence-electron chi connectivity index (χ0n) is 10.8. The molecule has 0 fully saturated rings. The van der Waals surface area contributed by atoms with Crippen molar-refractivity contribution in [2.24, 2.45) is 0 Å². The van der Waals surface area contributed by atoms with Crippen molar-refractivity contribution in [1.29, 1.82) is 0 Å². The van der Waals surface area contributed by atoms with Gasteiger partial charge in [0.05, 0.1) is 12.7 Å². The summed E-state index contributed by atoms with van der Waals surface area (Å²) in [5.41, 5.74) is 1.88. The lowest BCUT2D eigenvalue weighted by Gasteiger charge is -2.32. The molecule has 0 amide bonds. The van der Waals surface area contributed by atoms with Crippen LogP contribution in [0.25, 0.3) is 0 Å². The van der Waals surface area contributed by atoms with Crippen LogP contribution in [0.4, 0.5) is 0 Å². The molecule has 2 aromatic rings. The molecular weight excluding hydrogens is 256 g/mol. The van der Waals surface area contributed by atoms with Crippen LogP contribution in [0.2, 0.25) is 0 Å². The first kappa shape index (κ1) is 13.1. The van der Waals surface area contributed by atoms with Gasteiger partial charge in [-0.1, -0.05) is 48.5 Å². The van der Waals surface area contributed by atoms with Crippen LogP contribution in [0, 0.1) is 0 Å². The molecule has 4 nitrogen and oxygen atoms in total. The van der Waals surface area contributed by atoms with Crippen molar-refractivity contribution in [3.05, 3.63) is 65.2 Å². The predicted octanol–water partition coefficient (Wildman–Crippen LogP) is 1.88. The molecule has 1 heterocycles. The molecule has 0 saturated heterocycles. The van der Waals surface area contributed by atoms with Gasteiger partial charge in [0.1, 0.15) is 5.75 Å². The normalized spacial score (nSPS) is 21.4. The van der Waals surface area contributed by atoms with Gasteiger partial charge in [0.2, 0.25) is 0 Å². The maximum atomic E-state index is 10.5. The summed E-state index contributed by atoms with van der Waals surface area (Å²) in [6.07, 6.45) is -2.33. The van der Waals surface area contributed by atoms with Crippen molar-refractivity contribution in [2.75, 3.05) is 6.61 Å². The standard InChI is InChI=1S/C16H16O4/c17-14-11-7-4-8-12(16(18)19)15(11)20-9-13(14)10-5-2-1-3-6-10/h1-8,13-14,16-19H,9H2. The molecule has 0 spiro atoms. The molecule has 20 heavy (non-hydrogen) atoms. The molecule has 4 heteroatoms. The van der Waals surface area contributed by atoms with Crippen molar-refractivity contribution in [3.63, 3.8) is 0 Å². The topological polar surface area (TPSA) is 69.9 Å². The number of aliphatic hydroxyl groups excluding tert-OH is 2. The molecule has 0 aliphatic carbocycles. The van der Waals surface area contributed by atoms with Gasteiger partial charge in [-0.25, -0.2) is 0 Å². The van der Waals surface area contributed by atoms with Crippen LogP contribution in [0.1, 0.15) is 35.0 Å². The molecule has 0 aromatic heterocycles. The largest absolute Gasteiger partial charge is 0.492 e. The highest BCUT2D eigenvalue weighted by Crippen LogP contribution is 2.43. The van der Waals surface area contributed by atoms with E-state index in [9.17, 15) is 15.3 Å². The highest BCUT2D eigenvalue weighted by Gasteiger charge is 2.32. The summed E-state index contributed by atoms with van der Waals surface area (Å²) in [6.45, 7) is 0.307. The van der Waals surface area contributed by atoms with Crippen LogP contribution in [0.3, 0.4) is 0 Å². The Kier molecular flexibility index (Phi) is 3.44. The van der Waals surface area contributed by atoms with E-state index in [1.165, 1.54) is 0 Å². The third-order valence-corrected chi connectivity index (χ3v) is 3.69. The molecule has 3 N–H and O–H groups in total. The van der Waals surface area contributed by atoms with Crippen molar-refractivity contribution in [2.45, 2.75) is 18.3 Å². The summed E-state index contributed by atoms with van der Waals surface area (Å²) in [6, 6.07) is 14.7. The molecule has 0 radical (unpaired) electrons. The summed E-state index contributed by atoms with van der Waals surface area (Å²) in [4.78, 5) is 0. The van der Waals surface area contributed by atoms with E-state index >= 15 is 0 Å². The van der Waals surface area contributed by atoms with Crippen LogP contribution in [-0.2, 0) is 0 Å². The number of hydrogen-bond donors (Lipinski definition) is 3. The van der Waals surface area contributed by atoms with E-state index in [0.717, 1.165) is 5.56 Å². The maximum absolute atomic E-state index is 10.5. The third kappa shape index (κ3) is 2.18. The molecule has 2 unspecified atom stereocenters. The van der Waals surface area contributed by atoms with Gasteiger partial charge in [0.25, 0.3) is 0 Å². The molecular formula is C16H16O4. The van der Waals surface area contributed by atoms with Crippen LogP contribution in [0.5, 0.6) is 5.75 Å². The smallest absolute Gasteiger partial charge is 0.182 e. The van der Waals surface area contributed by atoms with Crippen molar-refractivity contribution in [1.82, 2.24) is 0 Å². The highest BCUT2D eigenvalue weighted by atomic mass is 16.5. The van der Waals surface area contributed by atoms with Gasteiger partial charge in [0, 0.05) is 17.0 Å². The quantitative estimate of drug-likeness (QED) is 0.730. The second-order valence-electron chi connectivity index (χ2n) is 4.91. The van der Waals surface area contributed by atoms with E-state index in [2.05, 4.69) is 0 Å². The Bertz CT molecular complexity index is 595. The predicted molar refractivity (Wildman–Crippen MR) is 73.3 cm³/mol. The summed E-state index contributed by atoms with van der Waals surface area (Å²) in [5.74, 6) is 0.219. The van der Waals surface area contributed by atoms with Gasteiger partial charge in [-0.2, -0.15) is 0 Å². The molecule has 104 valence electrons. The Balaban J connectivity index is 2.00. The summed E-state index contributed by atoms with van der Waals surface area (Å²) in [7, 11) is 0. The monoisotopic (exact) mass is 272 g/mol. The van der Waals surface area contributed by atoms with Gasteiger partial charge in [-0.3, -0.25) is 0 Å². The van der Waals surface area contributed by atoms with Crippen LogP contribution in [0.15, 0.2) is 48.5 Å². The maximum Gasteiger partial charge on any atom is 0.182 e. The number of rotatable bonds is 2. The average Bonchev–Trinajstić information content (AvgIpc) is 2.48. The second-order valence-corrected chi connectivity index (χ2v) is 4.91. The number of para-hydroxylation sites is 1. The minimum absolute atomic E-state index is 0.158. The lowest BCUT2D eigenvalue weighted by molar-refractivity contribution is -0.0454. The Morgan fingerprint density at radius 2 is 1.75 bits per heavy atom. The van der Waals surface area contributed by atoms with Crippen LogP contribution >= 0.6 is 0 Å². The Labute approximate surface area is 116 Å². The average molecular weight is 272 g/mol. The SMILES string of the molecule is OC(O)c1cccc2c1OCC(c1ccccc1)C2O. The molecule has 1 aliphatic rings. The Hall–Kier alpha value is -1.88. The molecule has 2 aromatic carbocycles. The minimum atomic E-state index is -1.61. The van der Waals surface area contributed by atoms with Crippen molar-refractivity contribution >= 4 is 0 Å². The Morgan fingerprint density at radius 1 is 1.00 bits per heavy atom. The van der Waals surface area contributed by atoms with E-state index in [1.807, 2.05) is 30.3 Å². The van der Waals surface area contributed by atoms with E-state index < -0.39 is 12.4 Å². The van der Waals surface area contributed by atoms with Gasteiger partial charge >= 0.3 is 0 Å². The summed E-state index contributed by atoms with van der Waals surface area (Å²) >= 11 is 0. The number of fused-ring (bicyclic) bond motifs is 1. The fraction of sp³-hybridized carbons (Fsp3) is 0.250. The lowest BCUT2D eigenvalue weighted by Crippen LogP contribution is -2.25. The van der Waals surface area contributed by atoms with Crippen LogP contribution in [-0.4, -0.2) is 21.9 Å². The van der Waals surface area contributed by atoms with E-state index in [-0.39, 0.29) is 11.5 Å². The fourth-order valence-corrected chi connectivity index (χ4v) is 2.64. The van der Waals surface area contributed by atoms with Crippen molar-refractivity contribution < 1.29 is 20.1 Å². The zero-order valence-corrected chi connectivity index (χ0v) is 10.8. The first-order valence-corrected chi connectivity index (χ1v) is 6.53. The fourth-order valence-electron chi connectivity index (χ4n) is 2.64. The van der Waals surface area contributed by atoms with E-state index in [0.29, 0.717) is 17.9 Å². The highest BCUT2D eigenvalue weighted by molar-refractivity contribution is 5.46. The first-order chi connectivity index (χ1) is 9.68. The van der Waals surface area contributed by atoms with Gasteiger partial charge < -0.3 is 20.1 Å². The number of ether oxygens (including phenoxy) is 1. The lowest BCUT2D eigenvalue weighted by atomic mass is 9.86. The third-order valence-electron chi connectivity index (χ3n) is 3.69. The number of aliphatic hydroxyl groups is 3. The Morgan fingerprint density at radius 3 is 2.45 bits per heavy atom. The summed E-state index contributed by atoms with van der Waals surface area (Å²) in [5, 5.41) is 29.2. The van der Waals surface area contributed by atoms with E-state index in [1.54, 1.807) is 18.2 Å². The molecule has 1 aliphatic heterocycles. The van der Waals surface area contributed by atoms with Gasteiger partial charge in [-0.05, 0) is 5.56 Å². The molecule has 3 rings (SSSR count). The molecule has 0 saturated carbocycles. The van der Waals surface area contributed by atoms with Gasteiger partial charge in [0.15, 0.2) is 6.29 Å². The second kappa shape index (κ2) is 5.25. The van der Waals surface area contributed by atoms with Crippen molar-refractivity contribution in [3.8, 4) is 5.75 Å². The molecule has 2 atom stereocenters. The minimum Gasteiger partial charge on any atom is -0.492 e. The number of benzene rings is 2. The zero-order chi connectivity index (χ0) is 14.1. The summed E-state index contributed by atoms with van der Waals surface area (Å²) < 4.78 is 5.67.